The number of nitrogen functional groups attached to an aromatic ring is 1. The second-order valence-electron chi connectivity index (χ2n) is 4.48. The molecular formula is C15H15F3N2O. The van der Waals surface area contributed by atoms with E-state index in [0.717, 1.165) is 12.5 Å². The van der Waals surface area contributed by atoms with Crippen LogP contribution in [-0.4, -0.2) is 6.61 Å². The van der Waals surface area contributed by atoms with E-state index in [1.54, 1.807) is 18.2 Å². The Morgan fingerprint density at radius 3 is 2.62 bits per heavy atom. The van der Waals surface area contributed by atoms with E-state index in [0.29, 0.717) is 29.8 Å². The summed E-state index contributed by atoms with van der Waals surface area (Å²) >= 11 is 0. The summed E-state index contributed by atoms with van der Waals surface area (Å²) in [4.78, 5) is 0. The molecule has 112 valence electrons. The van der Waals surface area contributed by atoms with Gasteiger partial charge in [-0.25, -0.2) is 13.2 Å². The van der Waals surface area contributed by atoms with E-state index >= 15 is 0 Å². The molecule has 0 saturated carbocycles. The normalized spacial score (nSPS) is 10.5. The summed E-state index contributed by atoms with van der Waals surface area (Å²) in [6, 6.07) is 6.05. The van der Waals surface area contributed by atoms with Gasteiger partial charge in [-0.2, -0.15) is 0 Å². The molecule has 3 nitrogen and oxygen atoms in total. The van der Waals surface area contributed by atoms with Crippen LogP contribution >= 0.6 is 0 Å². The summed E-state index contributed by atoms with van der Waals surface area (Å²) in [5, 5.41) is 2.61. The fraction of sp³-hybridized carbons (Fsp3) is 0.200. The van der Waals surface area contributed by atoms with E-state index in [4.69, 9.17) is 10.5 Å². The third-order valence-electron chi connectivity index (χ3n) is 2.75. The Labute approximate surface area is 120 Å². The molecule has 0 amide bonds. The first kappa shape index (κ1) is 15.0. The van der Waals surface area contributed by atoms with E-state index in [1.807, 2.05) is 6.92 Å². The number of ether oxygens (including phenoxy) is 1. The molecule has 0 spiro atoms. The zero-order chi connectivity index (χ0) is 15.4. The zero-order valence-corrected chi connectivity index (χ0v) is 11.4. The quantitative estimate of drug-likeness (QED) is 0.641. The Balaban J connectivity index is 2.27. The Morgan fingerprint density at radius 1 is 1.14 bits per heavy atom. The lowest BCUT2D eigenvalue weighted by Crippen LogP contribution is -2.01. The van der Waals surface area contributed by atoms with Crippen molar-refractivity contribution in [1.82, 2.24) is 0 Å². The summed E-state index contributed by atoms with van der Waals surface area (Å²) < 4.78 is 45.3. The van der Waals surface area contributed by atoms with Crippen molar-refractivity contribution >= 4 is 17.1 Å². The second-order valence-corrected chi connectivity index (χ2v) is 4.48. The number of halogens is 3. The van der Waals surface area contributed by atoms with Gasteiger partial charge in [-0.3, -0.25) is 0 Å². The predicted octanol–water partition coefficient (Wildman–Crippen LogP) is 4.22. The van der Waals surface area contributed by atoms with Crippen LogP contribution in [0.5, 0.6) is 5.75 Å². The molecule has 2 rings (SSSR count). The SMILES string of the molecule is CCCOc1cc(Nc2cc(F)cc(F)c2F)ccc1N. The van der Waals surface area contributed by atoms with Gasteiger partial charge in [-0.15, -0.1) is 0 Å². The molecule has 0 saturated heterocycles. The van der Waals surface area contributed by atoms with Gasteiger partial charge >= 0.3 is 0 Å². The average Bonchev–Trinajstić information content (AvgIpc) is 2.44. The minimum absolute atomic E-state index is 0.293. The number of hydrogen-bond acceptors (Lipinski definition) is 3. The highest BCUT2D eigenvalue weighted by molar-refractivity contribution is 5.67. The Hall–Kier alpha value is -2.37. The molecule has 0 unspecified atom stereocenters. The molecule has 0 aliphatic rings. The Kier molecular flexibility index (Phi) is 4.57. The third kappa shape index (κ3) is 3.59. The van der Waals surface area contributed by atoms with Crippen LogP contribution < -0.4 is 15.8 Å². The molecule has 3 N–H and O–H groups in total. The highest BCUT2D eigenvalue weighted by Gasteiger charge is 2.12. The molecule has 2 aromatic rings. The minimum Gasteiger partial charge on any atom is -0.491 e. The maximum atomic E-state index is 13.6. The highest BCUT2D eigenvalue weighted by Crippen LogP contribution is 2.29. The van der Waals surface area contributed by atoms with Crippen LogP contribution in [0.15, 0.2) is 30.3 Å². The average molecular weight is 296 g/mol. The fourth-order valence-corrected chi connectivity index (χ4v) is 1.75. The number of nitrogens with one attached hydrogen (secondary N) is 1. The summed E-state index contributed by atoms with van der Waals surface area (Å²) in [5.41, 5.74) is 6.31. The number of benzene rings is 2. The van der Waals surface area contributed by atoms with Gasteiger partial charge in [0.2, 0.25) is 0 Å². The molecule has 0 fully saturated rings. The minimum atomic E-state index is -1.25. The van der Waals surface area contributed by atoms with Gasteiger partial charge in [-0.05, 0) is 18.6 Å². The third-order valence-corrected chi connectivity index (χ3v) is 2.75. The summed E-state index contributed by atoms with van der Waals surface area (Å²) in [7, 11) is 0. The van der Waals surface area contributed by atoms with Crippen molar-refractivity contribution in [2.24, 2.45) is 0 Å². The van der Waals surface area contributed by atoms with E-state index < -0.39 is 17.5 Å². The van der Waals surface area contributed by atoms with Crippen LogP contribution in [0, 0.1) is 17.5 Å². The summed E-state index contributed by atoms with van der Waals surface area (Å²) in [6.07, 6.45) is 0.806. The molecule has 0 aliphatic carbocycles. The topological polar surface area (TPSA) is 47.3 Å². The molecular weight excluding hydrogens is 281 g/mol. The zero-order valence-electron chi connectivity index (χ0n) is 11.4. The summed E-state index contributed by atoms with van der Waals surface area (Å²) in [5.74, 6) is -2.84. The maximum absolute atomic E-state index is 13.6. The van der Waals surface area contributed by atoms with Crippen LogP contribution in [-0.2, 0) is 0 Å². The number of nitrogens with two attached hydrogens (primary N) is 1. The fourth-order valence-electron chi connectivity index (χ4n) is 1.75. The standard InChI is InChI=1S/C15H15F3N2O/c1-2-5-21-14-8-10(3-4-12(14)19)20-13-7-9(16)6-11(17)15(13)18/h3-4,6-8,20H,2,5,19H2,1H3. The van der Waals surface area contributed by atoms with Gasteiger partial charge in [0.05, 0.1) is 18.0 Å². The van der Waals surface area contributed by atoms with E-state index in [1.165, 1.54) is 0 Å². The van der Waals surface area contributed by atoms with Gasteiger partial charge in [0.1, 0.15) is 11.6 Å². The first-order valence-corrected chi connectivity index (χ1v) is 6.45. The van der Waals surface area contributed by atoms with Crippen molar-refractivity contribution < 1.29 is 17.9 Å². The first-order valence-electron chi connectivity index (χ1n) is 6.45. The van der Waals surface area contributed by atoms with Crippen molar-refractivity contribution in [3.05, 3.63) is 47.8 Å². The molecule has 0 bridgehead atoms. The van der Waals surface area contributed by atoms with Gasteiger partial charge in [0.15, 0.2) is 11.6 Å². The van der Waals surface area contributed by atoms with Crippen molar-refractivity contribution in [3.63, 3.8) is 0 Å². The van der Waals surface area contributed by atoms with E-state index in [-0.39, 0.29) is 5.69 Å². The van der Waals surface area contributed by atoms with Crippen molar-refractivity contribution in [1.29, 1.82) is 0 Å². The van der Waals surface area contributed by atoms with Crippen LogP contribution in [0.2, 0.25) is 0 Å². The van der Waals surface area contributed by atoms with Gasteiger partial charge < -0.3 is 15.8 Å². The predicted molar refractivity (Wildman–Crippen MR) is 76.2 cm³/mol. The van der Waals surface area contributed by atoms with Crippen LogP contribution in [0.4, 0.5) is 30.2 Å². The first-order chi connectivity index (χ1) is 10.0. The monoisotopic (exact) mass is 296 g/mol. The highest BCUT2D eigenvalue weighted by atomic mass is 19.2. The van der Waals surface area contributed by atoms with Crippen LogP contribution in [0.1, 0.15) is 13.3 Å². The van der Waals surface area contributed by atoms with E-state index in [9.17, 15) is 13.2 Å². The molecule has 0 aromatic heterocycles. The van der Waals surface area contributed by atoms with Crippen molar-refractivity contribution in [2.45, 2.75) is 13.3 Å². The molecule has 0 radical (unpaired) electrons. The molecule has 0 heterocycles. The Bertz CT molecular complexity index is 647. The maximum Gasteiger partial charge on any atom is 0.182 e. The number of rotatable bonds is 5. The number of anilines is 3. The lowest BCUT2D eigenvalue weighted by atomic mass is 10.2. The molecule has 2 aromatic carbocycles. The second kappa shape index (κ2) is 6.39. The van der Waals surface area contributed by atoms with Crippen molar-refractivity contribution in [3.8, 4) is 5.75 Å². The lowest BCUT2D eigenvalue weighted by molar-refractivity contribution is 0.319. The lowest BCUT2D eigenvalue weighted by Gasteiger charge is -2.12. The molecule has 0 atom stereocenters. The number of hydrogen-bond donors (Lipinski definition) is 2. The largest absolute Gasteiger partial charge is 0.491 e. The molecule has 21 heavy (non-hydrogen) atoms. The molecule has 0 aliphatic heterocycles. The molecule has 6 heteroatoms. The van der Waals surface area contributed by atoms with Crippen molar-refractivity contribution in [2.75, 3.05) is 17.7 Å². The van der Waals surface area contributed by atoms with Crippen LogP contribution in [0.3, 0.4) is 0 Å². The van der Waals surface area contributed by atoms with Gasteiger partial charge in [0.25, 0.3) is 0 Å². The van der Waals surface area contributed by atoms with Crippen LogP contribution in [0.25, 0.3) is 0 Å². The van der Waals surface area contributed by atoms with E-state index in [2.05, 4.69) is 5.32 Å². The smallest absolute Gasteiger partial charge is 0.182 e. The summed E-state index contributed by atoms with van der Waals surface area (Å²) in [6.45, 7) is 2.43. The van der Waals surface area contributed by atoms with Gasteiger partial charge in [0, 0.05) is 23.9 Å². The Morgan fingerprint density at radius 2 is 1.90 bits per heavy atom. The van der Waals surface area contributed by atoms with Gasteiger partial charge in [-0.1, -0.05) is 6.92 Å².